The minimum Gasteiger partial charge on any atom is -0.467 e. The second-order valence-corrected chi connectivity index (χ2v) is 5.53. The van der Waals surface area contributed by atoms with Gasteiger partial charge in [-0.15, -0.1) is 0 Å². The summed E-state index contributed by atoms with van der Waals surface area (Å²) < 4.78 is 10.5. The van der Waals surface area contributed by atoms with Gasteiger partial charge in [0.25, 0.3) is 0 Å². The fourth-order valence-corrected chi connectivity index (χ4v) is 1.77. The molecule has 0 unspecified atom stereocenters. The molecule has 19 heavy (non-hydrogen) atoms. The highest BCUT2D eigenvalue weighted by Gasteiger charge is 2.08. The summed E-state index contributed by atoms with van der Waals surface area (Å²) in [6.07, 6.45) is 3.49. The van der Waals surface area contributed by atoms with Crippen LogP contribution in [-0.2, 0) is 11.3 Å². The molecule has 0 bridgehead atoms. The number of aliphatic hydroxyl groups is 1. The molecule has 0 aliphatic rings. The maximum absolute atomic E-state index is 9.79. The van der Waals surface area contributed by atoms with E-state index in [0.29, 0.717) is 25.8 Å². The topological polar surface area (TPSA) is 54.6 Å². The van der Waals surface area contributed by atoms with Crippen LogP contribution in [0.15, 0.2) is 22.8 Å². The van der Waals surface area contributed by atoms with E-state index in [0.717, 1.165) is 18.1 Å². The van der Waals surface area contributed by atoms with Crippen molar-refractivity contribution in [1.29, 1.82) is 0 Å². The second-order valence-electron chi connectivity index (χ2n) is 5.53. The first-order valence-electron chi connectivity index (χ1n) is 7.09. The molecule has 0 aromatic carbocycles. The van der Waals surface area contributed by atoms with Gasteiger partial charge in [-0.2, -0.15) is 0 Å². The Kier molecular flexibility index (Phi) is 7.79. The number of ether oxygens (including phenoxy) is 1. The van der Waals surface area contributed by atoms with E-state index in [1.165, 1.54) is 6.42 Å². The summed E-state index contributed by atoms with van der Waals surface area (Å²) in [7, 11) is 0. The fraction of sp³-hybridized carbons (Fsp3) is 0.733. The minimum atomic E-state index is -0.475. The average molecular weight is 269 g/mol. The standard InChI is InChI=1S/C15H27NO3/c1-12(2)6-7-13(3)16-9-14(17)10-18-11-15-5-4-8-19-15/h4-5,8,12-14,16-17H,6-7,9-11H2,1-3H3/t13-,14+/m0/s1. The molecule has 4 nitrogen and oxygen atoms in total. The van der Waals surface area contributed by atoms with Crippen molar-refractivity contribution in [2.45, 2.75) is 52.4 Å². The minimum absolute atomic E-state index is 0.324. The average Bonchev–Trinajstić information content (AvgIpc) is 2.87. The molecule has 1 aromatic rings. The lowest BCUT2D eigenvalue weighted by atomic mass is 10.0. The lowest BCUT2D eigenvalue weighted by Gasteiger charge is -2.17. The maximum Gasteiger partial charge on any atom is 0.129 e. The molecule has 1 rings (SSSR count). The van der Waals surface area contributed by atoms with Crippen molar-refractivity contribution in [3.8, 4) is 0 Å². The first-order valence-corrected chi connectivity index (χ1v) is 7.09. The molecular formula is C15H27NO3. The van der Waals surface area contributed by atoms with E-state index >= 15 is 0 Å². The van der Waals surface area contributed by atoms with E-state index in [9.17, 15) is 5.11 Å². The van der Waals surface area contributed by atoms with Gasteiger partial charge >= 0.3 is 0 Å². The third kappa shape index (κ3) is 8.03. The van der Waals surface area contributed by atoms with Crippen LogP contribution in [0.4, 0.5) is 0 Å². The zero-order valence-electron chi connectivity index (χ0n) is 12.3. The third-order valence-corrected chi connectivity index (χ3v) is 3.01. The molecule has 0 saturated heterocycles. The Morgan fingerprint density at radius 3 is 2.74 bits per heavy atom. The lowest BCUT2D eigenvalue weighted by Crippen LogP contribution is -2.36. The number of nitrogens with one attached hydrogen (secondary N) is 1. The largest absolute Gasteiger partial charge is 0.467 e. The summed E-state index contributed by atoms with van der Waals surface area (Å²) in [6, 6.07) is 4.12. The normalized spacial score (nSPS) is 14.8. The van der Waals surface area contributed by atoms with Crippen molar-refractivity contribution in [2.75, 3.05) is 13.2 Å². The van der Waals surface area contributed by atoms with Crippen molar-refractivity contribution in [1.82, 2.24) is 5.32 Å². The molecule has 0 aliphatic carbocycles. The quantitative estimate of drug-likeness (QED) is 0.685. The smallest absolute Gasteiger partial charge is 0.129 e. The zero-order valence-corrected chi connectivity index (χ0v) is 12.3. The Balaban J connectivity index is 2.02. The Morgan fingerprint density at radius 1 is 1.32 bits per heavy atom. The first-order chi connectivity index (χ1) is 9.08. The number of hydrogen-bond acceptors (Lipinski definition) is 4. The molecule has 110 valence electrons. The van der Waals surface area contributed by atoms with Gasteiger partial charge in [-0.3, -0.25) is 0 Å². The van der Waals surface area contributed by atoms with Crippen LogP contribution in [0.1, 0.15) is 39.4 Å². The van der Waals surface area contributed by atoms with Gasteiger partial charge in [-0.1, -0.05) is 13.8 Å². The molecule has 0 saturated carbocycles. The highest BCUT2D eigenvalue weighted by Crippen LogP contribution is 2.06. The number of furan rings is 1. The highest BCUT2D eigenvalue weighted by atomic mass is 16.5. The van der Waals surface area contributed by atoms with Gasteiger partial charge in [-0.05, 0) is 37.8 Å². The number of rotatable bonds is 10. The molecular weight excluding hydrogens is 242 g/mol. The molecule has 0 fully saturated rings. The van der Waals surface area contributed by atoms with Crippen LogP contribution < -0.4 is 5.32 Å². The summed E-state index contributed by atoms with van der Waals surface area (Å²) in [5.74, 6) is 1.51. The molecule has 0 radical (unpaired) electrons. The van der Waals surface area contributed by atoms with Crippen LogP contribution in [0, 0.1) is 5.92 Å². The van der Waals surface area contributed by atoms with Crippen molar-refractivity contribution in [2.24, 2.45) is 5.92 Å². The van der Waals surface area contributed by atoms with Gasteiger partial charge in [0.15, 0.2) is 0 Å². The molecule has 0 amide bonds. The van der Waals surface area contributed by atoms with Gasteiger partial charge in [-0.25, -0.2) is 0 Å². The van der Waals surface area contributed by atoms with E-state index in [-0.39, 0.29) is 0 Å². The second kappa shape index (κ2) is 9.13. The molecule has 4 heteroatoms. The summed E-state index contributed by atoms with van der Waals surface area (Å²) >= 11 is 0. The van der Waals surface area contributed by atoms with Crippen LogP contribution in [0.3, 0.4) is 0 Å². The van der Waals surface area contributed by atoms with E-state index in [1.807, 2.05) is 12.1 Å². The molecule has 2 atom stereocenters. The number of aliphatic hydroxyl groups excluding tert-OH is 1. The molecule has 1 aromatic heterocycles. The maximum atomic E-state index is 9.79. The Morgan fingerprint density at radius 2 is 2.11 bits per heavy atom. The van der Waals surface area contributed by atoms with Gasteiger partial charge in [0, 0.05) is 12.6 Å². The predicted octanol–water partition coefficient (Wildman–Crippen LogP) is 2.57. The zero-order chi connectivity index (χ0) is 14.1. The highest BCUT2D eigenvalue weighted by molar-refractivity contribution is 4.96. The van der Waals surface area contributed by atoms with Crippen LogP contribution in [0.2, 0.25) is 0 Å². The Hall–Kier alpha value is -0.840. The lowest BCUT2D eigenvalue weighted by molar-refractivity contribution is 0.0216. The Labute approximate surface area is 116 Å². The fourth-order valence-electron chi connectivity index (χ4n) is 1.77. The van der Waals surface area contributed by atoms with Gasteiger partial charge in [0.05, 0.1) is 19.0 Å². The Bertz CT molecular complexity index is 311. The molecule has 1 heterocycles. The summed E-state index contributed by atoms with van der Waals surface area (Å²) in [5.41, 5.74) is 0. The van der Waals surface area contributed by atoms with Gasteiger partial charge in [0.2, 0.25) is 0 Å². The molecule has 0 spiro atoms. The van der Waals surface area contributed by atoms with Gasteiger partial charge in [0.1, 0.15) is 12.4 Å². The third-order valence-electron chi connectivity index (χ3n) is 3.01. The van der Waals surface area contributed by atoms with Crippen molar-refractivity contribution < 1.29 is 14.3 Å². The van der Waals surface area contributed by atoms with Crippen LogP contribution in [0.5, 0.6) is 0 Å². The van der Waals surface area contributed by atoms with Gasteiger partial charge < -0.3 is 19.6 Å². The van der Waals surface area contributed by atoms with E-state index in [1.54, 1.807) is 6.26 Å². The monoisotopic (exact) mass is 269 g/mol. The predicted molar refractivity (Wildman–Crippen MR) is 75.9 cm³/mol. The number of hydrogen-bond donors (Lipinski definition) is 2. The summed E-state index contributed by atoms with van der Waals surface area (Å²) in [4.78, 5) is 0. The van der Waals surface area contributed by atoms with E-state index in [2.05, 4.69) is 26.1 Å². The van der Waals surface area contributed by atoms with E-state index < -0.39 is 6.10 Å². The summed E-state index contributed by atoms with van der Waals surface area (Å²) in [6.45, 7) is 7.90. The first kappa shape index (κ1) is 16.2. The van der Waals surface area contributed by atoms with Crippen molar-refractivity contribution in [3.05, 3.63) is 24.2 Å². The van der Waals surface area contributed by atoms with Crippen molar-refractivity contribution >= 4 is 0 Å². The SMILES string of the molecule is CC(C)CC[C@H](C)NC[C@@H](O)COCc1ccco1. The van der Waals surface area contributed by atoms with Crippen LogP contribution in [-0.4, -0.2) is 30.4 Å². The van der Waals surface area contributed by atoms with Crippen LogP contribution >= 0.6 is 0 Å². The molecule has 0 aliphatic heterocycles. The van der Waals surface area contributed by atoms with Crippen LogP contribution in [0.25, 0.3) is 0 Å². The van der Waals surface area contributed by atoms with Crippen molar-refractivity contribution in [3.63, 3.8) is 0 Å². The summed E-state index contributed by atoms with van der Waals surface area (Å²) in [5, 5.41) is 13.1. The van der Waals surface area contributed by atoms with E-state index in [4.69, 9.17) is 9.15 Å². The molecule has 2 N–H and O–H groups in total.